The monoisotopic (exact) mass is 371 g/mol. The Hall–Kier alpha value is -2.67. The molecule has 3 rings (SSSR count). The van der Waals surface area contributed by atoms with Crippen molar-refractivity contribution in [1.82, 2.24) is 9.55 Å². The van der Waals surface area contributed by atoms with Crippen LogP contribution in [0.1, 0.15) is 31.7 Å². The van der Waals surface area contributed by atoms with Gasteiger partial charge in [0.15, 0.2) is 0 Å². The summed E-state index contributed by atoms with van der Waals surface area (Å²) in [5.41, 5.74) is 0.455. The number of amides is 1. The molecule has 0 bridgehead atoms. The minimum Gasteiger partial charge on any atom is -0.494 e. The van der Waals surface area contributed by atoms with Crippen LogP contribution in [0.5, 0.6) is 5.75 Å². The number of fused-ring (bicyclic) bond motifs is 1. The fourth-order valence-electron chi connectivity index (χ4n) is 2.61. The van der Waals surface area contributed by atoms with Gasteiger partial charge in [-0.3, -0.25) is 14.2 Å². The molecule has 1 N–H and O–H groups in total. The summed E-state index contributed by atoms with van der Waals surface area (Å²) in [6, 6.07) is 8.32. The average molecular weight is 371 g/mol. The summed E-state index contributed by atoms with van der Waals surface area (Å²) in [6.07, 6.45) is 2.30. The van der Waals surface area contributed by atoms with Crippen molar-refractivity contribution < 1.29 is 9.53 Å². The second kappa shape index (κ2) is 7.70. The maximum atomic E-state index is 12.7. The molecule has 0 radical (unpaired) electrons. The summed E-state index contributed by atoms with van der Waals surface area (Å²) in [5, 5.41) is 3.39. The number of aromatic nitrogens is 2. The number of benzene rings is 1. The highest BCUT2D eigenvalue weighted by Crippen LogP contribution is 2.22. The van der Waals surface area contributed by atoms with E-state index >= 15 is 0 Å². The van der Waals surface area contributed by atoms with E-state index in [1.54, 1.807) is 31.2 Å². The minimum atomic E-state index is -0.670. The van der Waals surface area contributed by atoms with Gasteiger partial charge < -0.3 is 10.1 Å². The fraction of sp³-hybridized carbons (Fsp3) is 0.316. The maximum absolute atomic E-state index is 12.7. The lowest BCUT2D eigenvalue weighted by molar-refractivity contribution is -0.118. The third-order valence-electron chi connectivity index (χ3n) is 4.11. The van der Waals surface area contributed by atoms with Crippen LogP contribution in [-0.4, -0.2) is 22.1 Å². The van der Waals surface area contributed by atoms with Crippen molar-refractivity contribution in [2.45, 2.75) is 33.2 Å². The molecule has 0 aliphatic carbocycles. The predicted octanol–water partition coefficient (Wildman–Crippen LogP) is 3.62. The Kier molecular flexibility index (Phi) is 5.37. The third kappa shape index (κ3) is 3.62. The van der Waals surface area contributed by atoms with Crippen LogP contribution < -0.4 is 15.6 Å². The summed E-state index contributed by atoms with van der Waals surface area (Å²) < 4.78 is 6.76. The highest BCUT2D eigenvalue weighted by molar-refractivity contribution is 7.18. The highest BCUT2D eigenvalue weighted by atomic mass is 32.1. The molecule has 2 heterocycles. The molecule has 0 aliphatic heterocycles. The third-order valence-corrected chi connectivity index (χ3v) is 5.29. The first-order valence-corrected chi connectivity index (χ1v) is 9.38. The molecule has 0 aliphatic rings. The van der Waals surface area contributed by atoms with Gasteiger partial charge in [0.05, 0.1) is 18.3 Å². The lowest BCUT2D eigenvalue weighted by atomic mass is 10.2. The number of carbonyl (C=O) groups is 1. The van der Waals surface area contributed by atoms with E-state index in [1.165, 1.54) is 22.2 Å². The molecule has 0 fully saturated rings. The molecule has 6 nitrogen and oxygen atoms in total. The molecule has 0 unspecified atom stereocenters. The van der Waals surface area contributed by atoms with Gasteiger partial charge in [-0.1, -0.05) is 6.92 Å². The molecule has 0 saturated carbocycles. The van der Waals surface area contributed by atoms with Gasteiger partial charge in [-0.15, -0.1) is 11.3 Å². The van der Waals surface area contributed by atoms with Crippen LogP contribution in [0.4, 0.5) is 5.69 Å². The number of nitrogens with one attached hydrogen (secondary N) is 1. The van der Waals surface area contributed by atoms with Gasteiger partial charge in [-0.25, -0.2) is 4.98 Å². The standard InChI is InChI=1S/C19H21N3O3S/c1-4-15-10-16-18(26-15)20-11-22(19(16)24)12(3)17(23)21-13-6-8-14(9-7-13)25-5-2/h6-12H,4-5H2,1-3H3,(H,21,23)/t12-/m0/s1. The normalized spacial score (nSPS) is 12.1. The van der Waals surface area contributed by atoms with E-state index in [0.29, 0.717) is 22.5 Å². The summed E-state index contributed by atoms with van der Waals surface area (Å²) in [7, 11) is 0. The second-order valence-corrected chi connectivity index (χ2v) is 6.98. The number of rotatable bonds is 6. The Balaban J connectivity index is 1.80. The van der Waals surface area contributed by atoms with E-state index in [4.69, 9.17) is 4.74 Å². The Morgan fingerprint density at radius 3 is 2.69 bits per heavy atom. The van der Waals surface area contributed by atoms with Gasteiger partial charge in [0.25, 0.3) is 5.56 Å². The number of hydrogen-bond donors (Lipinski definition) is 1. The summed E-state index contributed by atoms with van der Waals surface area (Å²) in [4.78, 5) is 31.4. The SMILES string of the molecule is CCOc1ccc(NC(=O)[C@H](C)n2cnc3sc(CC)cc3c2=O)cc1. The number of aryl methyl sites for hydroxylation is 1. The van der Waals surface area contributed by atoms with Crippen molar-refractivity contribution in [3.8, 4) is 5.75 Å². The van der Waals surface area contributed by atoms with Gasteiger partial charge in [0.1, 0.15) is 16.6 Å². The summed E-state index contributed by atoms with van der Waals surface area (Å²) in [6.45, 7) is 6.22. The molecule has 7 heteroatoms. The van der Waals surface area contributed by atoms with Crippen LogP contribution in [0.25, 0.3) is 10.2 Å². The first-order valence-electron chi connectivity index (χ1n) is 8.56. The van der Waals surface area contributed by atoms with Gasteiger partial charge >= 0.3 is 0 Å². The molecular formula is C19H21N3O3S. The van der Waals surface area contributed by atoms with Crippen LogP contribution in [0.15, 0.2) is 41.5 Å². The second-order valence-electron chi connectivity index (χ2n) is 5.86. The van der Waals surface area contributed by atoms with Gasteiger partial charge in [0, 0.05) is 10.6 Å². The Labute approximate surface area is 155 Å². The summed E-state index contributed by atoms with van der Waals surface area (Å²) >= 11 is 1.51. The van der Waals surface area contributed by atoms with Crippen molar-refractivity contribution in [3.05, 3.63) is 51.9 Å². The van der Waals surface area contributed by atoms with Crippen LogP contribution in [0, 0.1) is 0 Å². The Morgan fingerprint density at radius 1 is 1.31 bits per heavy atom. The zero-order valence-corrected chi connectivity index (χ0v) is 15.8. The molecule has 3 aromatic rings. The van der Waals surface area contributed by atoms with Crippen molar-refractivity contribution >= 4 is 33.1 Å². The maximum Gasteiger partial charge on any atom is 0.262 e. The van der Waals surface area contributed by atoms with E-state index in [0.717, 1.165) is 17.0 Å². The predicted molar refractivity (Wildman–Crippen MR) is 104 cm³/mol. The molecular weight excluding hydrogens is 350 g/mol. The minimum absolute atomic E-state index is 0.194. The van der Waals surface area contributed by atoms with Crippen molar-refractivity contribution in [3.63, 3.8) is 0 Å². The number of ether oxygens (including phenoxy) is 1. The lowest BCUT2D eigenvalue weighted by Crippen LogP contribution is -2.31. The van der Waals surface area contributed by atoms with E-state index in [1.807, 2.05) is 19.9 Å². The van der Waals surface area contributed by atoms with Gasteiger partial charge in [-0.05, 0) is 50.6 Å². The Morgan fingerprint density at radius 2 is 2.04 bits per heavy atom. The highest BCUT2D eigenvalue weighted by Gasteiger charge is 2.18. The molecule has 2 aromatic heterocycles. The van der Waals surface area contributed by atoms with Crippen LogP contribution in [-0.2, 0) is 11.2 Å². The Bertz CT molecular complexity index is 976. The van der Waals surface area contributed by atoms with Gasteiger partial charge in [0.2, 0.25) is 5.91 Å². The molecule has 26 heavy (non-hydrogen) atoms. The smallest absolute Gasteiger partial charge is 0.262 e. The average Bonchev–Trinajstić information content (AvgIpc) is 3.08. The van der Waals surface area contributed by atoms with Crippen LogP contribution in [0.3, 0.4) is 0 Å². The lowest BCUT2D eigenvalue weighted by Gasteiger charge is -2.15. The van der Waals surface area contributed by atoms with Gasteiger partial charge in [-0.2, -0.15) is 0 Å². The first kappa shape index (κ1) is 18.1. The molecule has 1 aromatic carbocycles. The number of carbonyl (C=O) groups excluding carboxylic acids is 1. The van der Waals surface area contributed by atoms with E-state index < -0.39 is 6.04 Å². The molecule has 0 saturated heterocycles. The molecule has 136 valence electrons. The first-order chi connectivity index (χ1) is 12.5. The molecule has 1 amide bonds. The van der Waals surface area contributed by atoms with Crippen LogP contribution >= 0.6 is 11.3 Å². The largest absolute Gasteiger partial charge is 0.494 e. The number of anilines is 1. The van der Waals surface area contributed by atoms with E-state index in [2.05, 4.69) is 10.3 Å². The molecule has 1 atom stereocenters. The topological polar surface area (TPSA) is 73.2 Å². The fourth-order valence-corrected chi connectivity index (χ4v) is 3.54. The zero-order chi connectivity index (χ0) is 18.7. The van der Waals surface area contributed by atoms with Crippen LogP contribution in [0.2, 0.25) is 0 Å². The number of hydrogen-bond acceptors (Lipinski definition) is 5. The molecule has 0 spiro atoms. The quantitative estimate of drug-likeness (QED) is 0.718. The zero-order valence-electron chi connectivity index (χ0n) is 15.0. The number of thiophene rings is 1. The number of nitrogens with zero attached hydrogens (tertiary/aromatic N) is 2. The van der Waals surface area contributed by atoms with E-state index in [9.17, 15) is 9.59 Å². The summed E-state index contributed by atoms with van der Waals surface area (Å²) in [5.74, 6) is 0.469. The van der Waals surface area contributed by atoms with Crippen molar-refractivity contribution in [2.75, 3.05) is 11.9 Å². The van der Waals surface area contributed by atoms with E-state index in [-0.39, 0.29) is 11.5 Å². The van der Waals surface area contributed by atoms with Crippen molar-refractivity contribution in [2.24, 2.45) is 0 Å². The van der Waals surface area contributed by atoms with Crippen molar-refractivity contribution in [1.29, 1.82) is 0 Å².